The summed E-state index contributed by atoms with van der Waals surface area (Å²) in [5.74, 6) is 0.125. The van der Waals surface area contributed by atoms with Gasteiger partial charge in [0.2, 0.25) is 0 Å². The summed E-state index contributed by atoms with van der Waals surface area (Å²) in [6, 6.07) is 0.406. The summed E-state index contributed by atoms with van der Waals surface area (Å²) in [6.45, 7) is 1.78. The normalized spacial score (nSPS) is 18.5. The van der Waals surface area contributed by atoms with E-state index in [1.54, 1.807) is 31.1 Å². The van der Waals surface area contributed by atoms with Gasteiger partial charge in [0.15, 0.2) is 5.16 Å². The number of nitrogens with zero attached hydrogens (tertiary/aromatic N) is 1. The Bertz CT molecular complexity index is 392. The van der Waals surface area contributed by atoms with Crippen molar-refractivity contribution in [2.75, 3.05) is 5.75 Å². The molecule has 6 heteroatoms. The minimum atomic E-state index is -0.787. The first kappa shape index (κ1) is 13.4. The maximum Gasteiger partial charge on any atom is 0.323 e. The van der Waals surface area contributed by atoms with Crippen LogP contribution in [0.4, 0.5) is 0 Å². The minimum absolute atomic E-state index is 0.406. The van der Waals surface area contributed by atoms with E-state index in [1.165, 1.54) is 0 Å². The van der Waals surface area contributed by atoms with Gasteiger partial charge in [-0.1, -0.05) is 11.8 Å². The van der Waals surface area contributed by atoms with E-state index >= 15 is 0 Å². The molecular weight excluding hydrogens is 250 g/mol. The van der Waals surface area contributed by atoms with Crippen LogP contribution in [0.2, 0.25) is 0 Å². The van der Waals surface area contributed by atoms with Crippen molar-refractivity contribution >= 4 is 17.7 Å². The van der Waals surface area contributed by atoms with Crippen LogP contribution in [0.25, 0.3) is 0 Å². The second-order valence-corrected chi connectivity index (χ2v) is 5.99. The Labute approximate surface area is 111 Å². The van der Waals surface area contributed by atoms with Crippen LogP contribution in [0.5, 0.6) is 0 Å². The number of H-pyrrole nitrogens is 1. The average Bonchev–Trinajstić information content (AvgIpc) is 2.97. The van der Waals surface area contributed by atoms with Gasteiger partial charge in [-0.3, -0.25) is 10.1 Å². The van der Waals surface area contributed by atoms with Gasteiger partial charge in [-0.2, -0.15) is 0 Å². The smallest absolute Gasteiger partial charge is 0.323 e. The quantitative estimate of drug-likeness (QED) is 0.496. The Morgan fingerprint density at radius 2 is 2.50 bits per heavy atom. The van der Waals surface area contributed by atoms with Crippen LogP contribution in [0.3, 0.4) is 0 Å². The fourth-order valence-electron chi connectivity index (χ4n) is 1.84. The molecule has 0 spiro atoms. The van der Waals surface area contributed by atoms with Crippen LogP contribution in [-0.4, -0.2) is 38.4 Å². The molecule has 0 radical (unpaired) electrons. The van der Waals surface area contributed by atoms with E-state index in [4.69, 9.17) is 0 Å². The number of hydrogen-bond acceptors (Lipinski definition) is 4. The molecule has 1 unspecified atom stereocenters. The molecule has 0 saturated heterocycles. The highest BCUT2D eigenvalue weighted by molar-refractivity contribution is 7.99. The lowest BCUT2D eigenvalue weighted by Gasteiger charge is -2.26. The predicted octanol–water partition coefficient (Wildman–Crippen LogP) is 1.88. The summed E-state index contributed by atoms with van der Waals surface area (Å²) in [7, 11) is 0. The van der Waals surface area contributed by atoms with Gasteiger partial charge in [-0.05, 0) is 32.6 Å². The third-order valence-electron chi connectivity index (χ3n) is 3.11. The molecular formula is C12H19N3O2S. The summed E-state index contributed by atoms with van der Waals surface area (Å²) in [4.78, 5) is 18.5. The second-order valence-electron chi connectivity index (χ2n) is 4.90. The Kier molecular flexibility index (Phi) is 4.29. The number of carbonyl (C=O) groups is 1. The Hall–Kier alpha value is -1.01. The van der Waals surface area contributed by atoms with Crippen molar-refractivity contribution in [2.45, 2.75) is 49.3 Å². The molecule has 1 aliphatic carbocycles. The number of hydrogen-bond donors (Lipinski definition) is 3. The van der Waals surface area contributed by atoms with Crippen LogP contribution in [-0.2, 0) is 4.79 Å². The van der Waals surface area contributed by atoms with Gasteiger partial charge in [-0.25, -0.2) is 4.98 Å². The summed E-state index contributed by atoms with van der Waals surface area (Å²) < 4.78 is 0. The van der Waals surface area contributed by atoms with Crippen molar-refractivity contribution in [3.8, 4) is 0 Å². The van der Waals surface area contributed by atoms with Gasteiger partial charge in [0.05, 0.1) is 0 Å². The highest BCUT2D eigenvalue weighted by atomic mass is 32.2. The van der Waals surface area contributed by atoms with E-state index in [0.29, 0.717) is 12.5 Å². The topological polar surface area (TPSA) is 78.0 Å². The van der Waals surface area contributed by atoms with Crippen LogP contribution in [0, 0.1) is 0 Å². The van der Waals surface area contributed by atoms with E-state index in [9.17, 15) is 9.90 Å². The summed E-state index contributed by atoms with van der Waals surface area (Å²) in [5, 5.41) is 13.4. The van der Waals surface area contributed by atoms with E-state index < -0.39 is 11.5 Å². The van der Waals surface area contributed by atoms with Crippen LogP contribution in [0.1, 0.15) is 32.6 Å². The number of thioether (sulfide) groups is 1. The zero-order valence-corrected chi connectivity index (χ0v) is 11.3. The zero-order valence-electron chi connectivity index (χ0n) is 10.5. The van der Waals surface area contributed by atoms with Crippen LogP contribution in [0.15, 0.2) is 17.6 Å². The standard InChI is InChI=1S/C12H19N3O2S/c1-12(10(16)17,15-9-3-4-9)5-2-8-18-11-13-6-7-14-11/h6-7,9,15H,2-5,8H2,1H3,(H,13,14)(H,16,17). The van der Waals surface area contributed by atoms with Crippen LogP contribution >= 0.6 is 11.8 Å². The van der Waals surface area contributed by atoms with E-state index in [0.717, 1.165) is 30.2 Å². The largest absolute Gasteiger partial charge is 0.480 e. The predicted molar refractivity (Wildman–Crippen MR) is 70.7 cm³/mol. The van der Waals surface area contributed by atoms with Crippen molar-refractivity contribution < 1.29 is 9.90 Å². The van der Waals surface area contributed by atoms with Crippen molar-refractivity contribution in [2.24, 2.45) is 0 Å². The number of aliphatic carboxylic acids is 1. The maximum atomic E-state index is 11.3. The Morgan fingerprint density at radius 1 is 1.72 bits per heavy atom. The molecule has 3 N–H and O–H groups in total. The molecule has 1 atom stereocenters. The number of carboxylic acids is 1. The maximum absolute atomic E-state index is 11.3. The lowest BCUT2D eigenvalue weighted by molar-refractivity contribution is -0.144. The van der Waals surface area contributed by atoms with Gasteiger partial charge in [0, 0.05) is 24.2 Å². The molecule has 0 amide bonds. The molecule has 1 aliphatic rings. The molecule has 18 heavy (non-hydrogen) atoms. The molecule has 0 aliphatic heterocycles. The number of aromatic nitrogens is 2. The third-order valence-corrected chi connectivity index (χ3v) is 4.09. The Morgan fingerprint density at radius 3 is 3.06 bits per heavy atom. The molecule has 1 heterocycles. The van der Waals surface area contributed by atoms with E-state index in [1.807, 2.05) is 0 Å². The second kappa shape index (κ2) is 5.75. The number of imidazole rings is 1. The van der Waals surface area contributed by atoms with E-state index in [-0.39, 0.29) is 0 Å². The molecule has 1 aromatic rings. The van der Waals surface area contributed by atoms with Gasteiger partial charge < -0.3 is 10.1 Å². The van der Waals surface area contributed by atoms with Crippen molar-refractivity contribution in [1.82, 2.24) is 15.3 Å². The molecule has 5 nitrogen and oxygen atoms in total. The van der Waals surface area contributed by atoms with Gasteiger partial charge >= 0.3 is 5.97 Å². The number of nitrogens with one attached hydrogen (secondary N) is 2. The van der Waals surface area contributed by atoms with Crippen molar-refractivity contribution in [3.05, 3.63) is 12.4 Å². The highest BCUT2D eigenvalue weighted by Gasteiger charge is 2.37. The van der Waals surface area contributed by atoms with Crippen molar-refractivity contribution in [1.29, 1.82) is 0 Å². The molecule has 0 aromatic carbocycles. The summed E-state index contributed by atoms with van der Waals surface area (Å²) in [5.41, 5.74) is -0.787. The average molecular weight is 269 g/mol. The third kappa shape index (κ3) is 3.74. The summed E-state index contributed by atoms with van der Waals surface area (Å²) >= 11 is 1.63. The number of carboxylic acid groups (broad SMARTS) is 1. The van der Waals surface area contributed by atoms with Gasteiger partial charge in [0.25, 0.3) is 0 Å². The number of rotatable bonds is 8. The lowest BCUT2D eigenvalue weighted by atomic mass is 9.96. The first-order valence-corrected chi connectivity index (χ1v) is 7.22. The molecule has 2 rings (SSSR count). The van der Waals surface area contributed by atoms with Gasteiger partial charge in [0.1, 0.15) is 5.54 Å². The molecule has 1 aromatic heterocycles. The minimum Gasteiger partial charge on any atom is -0.480 e. The van der Waals surface area contributed by atoms with Crippen LogP contribution < -0.4 is 5.32 Å². The molecule has 1 saturated carbocycles. The molecule has 100 valence electrons. The lowest BCUT2D eigenvalue weighted by Crippen LogP contribution is -2.50. The van der Waals surface area contributed by atoms with Crippen molar-refractivity contribution in [3.63, 3.8) is 0 Å². The first-order chi connectivity index (χ1) is 8.60. The molecule has 1 fully saturated rings. The molecule has 0 bridgehead atoms. The Balaban J connectivity index is 1.73. The fraction of sp³-hybridized carbons (Fsp3) is 0.667. The van der Waals surface area contributed by atoms with Gasteiger partial charge in [-0.15, -0.1) is 0 Å². The summed E-state index contributed by atoms with van der Waals surface area (Å²) in [6.07, 6.45) is 7.21. The number of aromatic amines is 1. The monoisotopic (exact) mass is 269 g/mol. The highest BCUT2D eigenvalue weighted by Crippen LogP contribution is 2.26. The fourth-order valence-corrected chi connectivity index (χ4v) is 2.61. The first-order valence-electron chi connectivity index (χ1n) is 6.23. The van der Waals surface area contributed by atoms with E-state index in [2.05, 4.69) is 15.3 Å². The zero-order chi connectivity index (χ0) is 13.0. The SMILES string of the molecule is CC(CCCSc1ncc[nH]1)(NC1CC1)C(=O)O.